The number of anilines is 1. The van der Waals surface area contributed by atoms with E-state index in [4.69, 9.17) is 0 Å². The molecule has 2 N–H and O–H groups in total. The number of hydrogen-bond donors (Lipinski definition) is 2. The summed E-state index contributed by atoms with van der Waals surface area (Å²) in [6.45, 7) is 4.46. The molecule has 0 aromatic heterocycles. The highest BCUT2D eigenvalue weighted by molar-refractivity contribution is 6.00. The van der Waals surface area contributed by atoms with Gasteiger partial charge in [-0.3, -0.25) is 9.59 Å². The molecule has 1 aliphatic heterocycles. The van der Waals surface area contributed by atoms with Gasteiger partial charge in [0.15, 0.2) is 0 Å². The minimum Gasteiger partial charge on any atom is -0.354 e. The van der Waals surface area contributed by atoms with Crippen LogP contribution in [0, 0.1) is 18.7 Å². The van der Waals surface area contributed by atoms with Crippen molar-refractivity contribution in [3.05, 3.63) is 29.6 Å². The number of aryl methyl sites for hydroxylation is 1. The van der Waals surface area contributed by atoms with Crippen LogP contribution in [-0.4, -0.2) is 38.0 Å². The fourth-order valence-electron chi connectivity index (χ4n) is 2.45. The van der Waals surface area contributed by atoms with E-state index in [1.54, 1.807) is 19.1 Å². The summed E-state index contributed by atoms with van der Waals surface area (Å²) < 4.78 is 14.0. The standard InChI is InChI=1S/C16H22FN3O2/c1-10-4-5-14(13(17)6-10)20-9-12(7-15(20)21)16(22)19-8-11(2)18-3/h4-6,11-12,18H,7-9H2,1-3H3,(H,19,22). The Morgan fingerprint density at radius 3 is 2.86 bits per heavy atom. The van der Waals surface area contributed by atoms with Gasteiger partial charge in [-0.2, -0.15) is 0 Å². The molecule has 1 aliphatic rings. The van der Waals surface area contributed by atoms with Gasteiger partial charge in [0, 0.05) is 25.6 Å². The molecule has 2 unspecified atom stereocenters. The van der Waals surface area contributed by atoms with Crippen molar-refractivity contribution in [3.8, 4) is 0 Å². The summed E-state index contributed by atoms with van der Waals surface area (Å²) >= 11 is 0. The van der Waals surface area contributed by atoms with Gasteiger partial charge in [-0.15, -0.1) is 0 Å². The molecule has 0 saturated carbocycles. The van der Waals surface area contributed by atoms with E-state index in [0.29, 0.717) is 6.54 Å². The van der Waals surface area contributed by atoms with Gasteiger partial charge in [-0.1, -0.05) is 6.07 Å². The Balaban J connectivity index is 2.03. The molecular weight excluding hydrogens is 285 g/mol. The molecule has 2 amide bonds. The van der Waals surface area contributed by atoms with Gasteiger partial charge in [-0.05, 0) is 38.6 Å². The smallest absolute Gasteiger partial charge is 0.227 e. The lowest BCUT2D eigenvalue weighted by Gasteiger charge is -2.18. The normalized spacial score (nSPS) is 19.4. The van der Waals surface area contributed by atoms with Crippen LogP contribution in [0.15, 0.2) is 18.2 Å². The first-order valence-electron chi connectivity index (χ1n) is 7.44. The van der Waals surface area contributed by atoms with Crippen LogP contribution in [0.3, 0.4) is 0 Å². The van der Waals surface area contributed by atoms with Crippen LogP contribution in [0.2, 0.25) is 0 Å². The van der Waals surface area contributed by atoms with Gasteiger partial charge < -0.3 is 15.5 Å². The Hall–Kier alpha value is -1.95. The summed E-state index contributed by atoms with van der Waals surface area (Å²) in [6.07, 6.45) is 0.118. The number of hydrogen-bond acceptors (Lipinski definition) is 3. The molecule has 1 fully saturated rings. The summed E-state index contributed by atoms with van der Waals surface area (Å²) in [6, 6.07) is 4.90. The van der Waals surface area contributed by atoms with Crippen molar-refractivity contribution in [2.75, 3.05) is 25.0 Å². The fraction of sp³-hybridized carbons (Fsp3) is 0.500. The molecule has 22 heavy (non-hydrogen) atoms. The molecule has 5 nitrogen and oxygen atoms in total. The lowest BCUT2D eigenvalue weighted by molar-refractivity contribution is -0.126. The van der Waals surface area contributed by atoms with Crippen molar-refractivity contribution in [1.29, 1.82) is 0 Å². The monoisotopic (exact) mass is 307 g/mol. The van der Waals surface area contributed by atoms with E-state index in [0.717, 1.165) is 5.56 Å². The van der Waals surface area contributed by atoms with Crippen molar-refractivity contribution in [2.24, 2.45) is 5.92 Å². The Kier molecular flexibility index (Phi) is 5.13. The Morgan fingerprint density at radius 2 is 2.23 bits per heavy atom. The van der Waals surface area contributed by atoms with Crippen molar-refractivity contribution < 1.29 is 14.0 Å². The Morgan fingerprint density at radius 1 is 1.50 bits per heavy atom. The fourth-order valence-corrected chi connectivity index (χ4v) is 2.45. The Bertz CT molecular complexity index is 577. The van der Waals surface area contributed by atoms with Crippen LogP contribution < -0.4 is 15.5 Å². The first kappa shape index (κ1) is 16.4. The number of rotatable bonds is 5. The van der Waals surface area contributed by atoms with E-state index >= 15 is 0 Å². The largest absolute Gasteiger partial charge is 0.354 e. The highest BCUT2D eigenvalue weighted by Crippen LogP contribution is 2.28. The molecule has 2 rings (SSSR count). The third-order valence-electron chi connectivity index (χ3n) is 3.97. The lowest BCUT2D eigenvalue weighted by Crippen LogP contribution is -2.40. The van der Waals surface area contributed by atoms with Gasteiger partial charge in [-0.25, -0.2) is 4.39 Å². The van der Waals surface area contributed by atoms with Gasteiger partial charge in [0.2, 0.25) is 11.8 Å². The molecule has 6 heteroatoms. The number of likely N-dealkylation sites (N-methyl/N-ethyl adjacent to an activating group) is 1. The number of benzene rings is 1. The summed E-state index contributed by atoms with van der Waals surface area (Å²) in [4.78, 5) is 25.6. The molecular formula is C16H22FN3O2. The second-order valence-corrected chi connectivity index (χ2v) is 5.80. The van der Waals surface area contributed by atoms with Crippen molar-refractivity contribution in [2.45, 2.75) is 26.3 Å². The number of nitrogens with zero attached hydrogens (tertiary/aromatic N) is 1. The highest BCUT2D eigenvalue weighted by Gasteiger charge is 2.36. The molecule has 0 aliphatic carbocycles. The maximum absolute atomic E-state index is 14.0. The second kappa shape index (κ2) is 6.87. The molecule has 1 aromatic rings. The molecule has 2 atom stereocenters. The lowest BCUT2D eigenvalue weighted by atomic mass is 10.1. The predicted octanol–water partition coefficient (Wildman–Crippen LogP) is 1.21. The molecule has 0 radical (unpaired) electrons. The first-order chi connectivity index (χ1) is 10.4. The van der Waals surface area contributed by atoms with Crippen LogP contribution in [0.1, 0.15) is 18.9 Å². The topological polar surface area (TPSA) is 61.4 Å². The zero-order valence-electron chi connectivity index (χ0n) is 13.1. The number of amides is 2. The van der Waals surface area contributed by atoms with Crippen molar-refractivity contribution in [1.82, 2.24) is 10.6 Å². The third-order valence-corrected chi connectivity index (χ3v) is 3.97. The Labute approximate surface area is 129 Å². The van der Waals surface area contributed by atoms with Crippen molar-refractivity contribution in [3.63, 3.8) is 0 Å². The quantitative estimate of drug-likeness (QED) is 0.859. The van der Waals surface area contributed by atoms with Gasteiger partial charge in [0.1, 0.15) is 5.82 Å². The summed E-state index contributed by atoms with van der Waals surface area (Å²) in [5.74, 6) is -1.24. The van der Waals surface area contributed by atoms with Crippen LogP contribution >= 0.6 is 0 Å². The summed E-state index contributed by atoms with van der Waals surface area (Å²) in [5.41, 5.74) is 1.04. The van der Waals surface area contributed by atoms with Crippen LogP contribution in [-0.2, 0) is 9.59 Å². The van der Waals surface area contributed by atoms with Crippen molar-refractivity contribution >= 4 is 17.5 Å². The first-order valence-corrected chi connectivity index (χ1v) is 7.44. The number of carbonyl (C=O) groups excluding carboxylic acids is 2. The average Bonchev–Trinajstić information content (AvgIpc) is 2.86. The number of carbonyl (C=O) groups is 2. The zero-order valence-corrected chi connectivity index (χ0v) is 13.1. The van der Waals surface area contributed by atoms with Gasteiger partial charge >= 0.3 is 0 Å². The third kappa shape index (κ3) is 3.62. The maximum atomic E-state index is 14.0. The van der Waals surface area contributed by atoms with E-state index in [1.807, 2.05) is 14.0 Å². The maximum Gasteiger partial charge on any atom is 0.227 e. The molecule has 1 heterocycles. The molecule has 0 bridgehead atoms. The minimum absolute atomic E-state index is 0.118. The van der Waals surface area contributed by atoms with E-state index in [-0.39, 0.29) is 36.5 Å². The van der Waals surface area contributed by atoms with Crippen LogP contribution in [0.4, 0.5) is 10.1 Å². The predicted molar refractivity (Wildman–Crippen MR) is 83.1 cm³/mol. The number of nitrogens with one attached hydrogen (secondary N) is 2. The van der Waals surface area contributed by atoms with E-state index in [2.05, 4.69) is 10.6 Å². The SMILES string of the molecule is CNC(C)CNC(=O)C1CC(=O)N(c2ccc(C)cc2F)C1. The van der Waals surface area contributed by atoms with E-state index < -0.39 is 11.7 Å². The van der Waals surface area contributed by atoms with Gasteiger partial charge in [0.05, 0.1) is 11.6 Å². The number of halogens is 1. The second-order valence-electron chi connectivity index (χ2n) is 5.80. The van der Waals surface area contributed by atoms with E-state index in [1.165, 1.54) is 11.0 Å². The molecule has 120 valence electrons. The van der Waals surface area contributed by atoms with Crippen LogP contribution in [0.5, 0.6) is 0 Å². The molecule has 1 aromatic carbocycles. The highest BCUT2D eigenvalue weighted by atomic mass is 19.1. The minimum atomic E-state index is -0.433. The summed E-state index contributed by atoms with van der Waals surface area (Å²) in [5, 5.41) is 5.84. The van der Waals surface area contributed by atoms with Gasteiger partial charge in [0.25, 0.3) is 0 Å². The molecule has 1 saturated heterocycles. The zero-order chi connectivity index (χ0) is 16.3. The molecule has 0 spiro atoms. The average molecular weight is 307 g/mol. The van der Waals surface area contributed by atoms with E-state index in [9.17, 15) is 14.0 Å². The van der Waals surface area contributed by atoms with Crippen LogP contribution in [0.25, 0.3) is 0 Å². The summed E-state index contributed by atoms with van der Waals surface area (Å²) in [7, 11) is 1.82.